The summed E-state index contributed by atoms with van der Waals surface area (Å²) in [5, 5.41) is 21.4. The molecule has 58 heavy (non-hydrogen) atoms. The number of nitrogens with one attached hydrogen (secondary N) is 2. The number of halogens is 7. The lowest BCUT2D eigenvalue weighted by atomic mass is 9.93. The van der Waals surface area contributed by atoms with Gasteiger partial charge in [0.2, 0.25) is 15.9 Å². The third-order valence-corrected chi connectivity index (χ3v) is 10.4. The highest BCUT2D eigenvalue weighted by Gasteiger charge is 2.59. The smallest absolute Gasteiger partial charge is 0.294 e. The molecular formula is C39H32ClF6N7O4S. The third kappa shape index (κ3) is 7.84. The fraction of sp³-hybridized carbons (Fsp3) is 0.333. The van der Waals surface area contributed by atoms with E-state index in [0.717, 1.165) is 18.4 Å². The summed E-state index contributed by atoms with van der Waals surface area (Å²) in [5.41, 5.74) is -2.64. The van der Waals surface area contributed by atoms with E-state index in [1.807, 2.05) is 0 Å². The van der Waals surface area contributed by atoms with Crippen molar-refractivity contribution in [2.45, 2.75) is 63.1 Å². The Hall–Kier alpha value is -5.56. The van der Waals surface area contributed by atoms with Crippen LogP contribution >= 0.6 is 11.6 Å². The van der Waals surface area contributed by atoms with Crippen LogP contribution in [0.4, 0.5) is 32.2 Å². The fourth-order valence-electron chi connectivity index (χ4n) is 7.37. The van der Waals surface area contributed by atoms with Crippen molar-refractivity contribution in [1.29, 1.82) is 0 Å². The molecule has 0 radical (unpaired) electrons. The van der Waals surface area contributed by atoms with Crippen LogP contribution in [0.25, 0.3) is 22.0 Å². The molecule has 302 valence electrons. The van der Waals surface area contributed by atoms with Crippen LogP contribution in [0.3, 0.4) is 0 Å². The molecule has 11 nitrogen and oxygen atoms in total. The van der Waals surface area contributed by atoms with Gasteiger partial charge in [-0.3, -0.25) is 18.9 Å². The first kappa shape index (κ1) is 40.6. The van der Waals surface area contributed by atoms with Gasteiger partial charge in [0, 0.05) is 36.2 Å². The number of aliphatic hydroxyl groups is 1. The Morgan fingerprint density at radius 3 is 2.45 bits per heavy atom. The number of pyridine rings is 1. The summed E-state index contributed by atoms with van der Waals surface area (Å²) < 4.78 is 118. The Morgan fingerprint density at radius 2 is 1.79 bits per heavy atom. The molecule has 0 fully saturated rings. The fourth-order valence-corrected chi connectivity index (χ4v) is 8.10. The molecule has 1 amide bonds. The van der Waals surface area contributed by atoms with Crippen LogP contribution in [0.2, 0.25) is 5.02 Å². The molecule has 7 rings (SSSR count). The predicted molar refractivity (Wildman–Crippen MR) is 201 cm³/mol. The molecule has 0 saturated heterocycles. The minimum Gasteiger partial charge on any atom is -0.378 e. The van der Waals surface area contributed by atoms with Gasteiger partial charge < -0.3 is 10.4 Å². The second-order valence-corrected chi connectivity index (χ2v) is 16.7. The topological polar surface area (TPSA) is 144 Å². The normalized spacial score (nSPS) is 17.3. The number of benzene rings is 2. The molecule has 0 saturated carbocycles. The number of fused-ring (bicyclic) bond motifs is 4. The quantitative estimate of drug-likeness (QED) is 0.108. The minimum atomic E-state index is -3.84. The van der Waals surface area contributed by atoms with Crippen LogP contribution in [0.1, 0.15) is 72.6 Å². The van der Waals surface area contributed by atoms with Crippen LogP contribution in [-0.4, -0.2) is 55.8 Å². The van der Waals surface area contributed by atoms with Gasteiger partial charge in [0.25, 0.3) is 12.3 Å². The van der Waals surface area contributed by atoms with Crippen molar-refractivity contribution in [1.82, 2.24) is 29.9 Å². The number of sulfonamides is 1. The summed E-state index contributed by atoms with van der Waals surface area (Å²) in [6.07, 6.45) is -2.92. The van der Waals surface area contributed by atoms with Crippen molar-refractivity contribution in [3.05, 3.63) is 93.0 Å². The number of aromatic nitrogens is 5. The first-order valence-electron chi connectivity index (χ1n) is 17.5. The number of nitrogens with zero attached hydrogens (tertiary/aromatic N) is 5. The molecule has 0 aliphatic heterocycles. The van der Waals surface area contributed by atoms with Crippen molar-refractivity contribution < 1.29 is 44.7 Å². The molecule has 2 aliphatic rings. The Labute approximate surface area is 332 Å². The summed E-state index contributed by atoms with van der Waals surface area (Å²) in [6.45, 7) is 1.90. The Kier molecular flexibility index (Phi) is 10.3. The molecule has 3 aromatic heterocycles. The van der Waals surface area contributed by atoms with Gasteiger partial charge in [-0.2, -0.15) is 19.0 Å². The summed E-state index contributed by atoms with van der Waals surface area (Å²) in [5.74, 6) is 1.27. The summed E-state index contributed by atoms with van der Waals surface area (Å²) in [7, 11) is -2.32. The summed E-state index contributed by atoms with van der Waals surface area (Å²) in [6, 6.07) is 7.41. The monoisotopic (exact) mass is 843 g/mol. The van der Waals surface area contributed by atoms with Crippen LogP contribution in [-0.2, 0) is 40.8 Å². The van der Waals surface area contributed by atoms with Crippen molar-refractivity contribution in [2.75, 3.05) is 11.0 Å². The van der Waals surface area contributed by atoms with Crippen LogP contribution in [0.5, 0.6) is 0 Å². The number of anilines is 1. The van der Waals surface area contributed by atoms with Crippen molar-refractivity contribution >= 4 is 44.3 Å². The molecule has 3 heterocycles. The van der Waals surface area contributed by atoms with E-state index >= 15 is 8.78 Å². The highest BCUT2D eigenvalue weighted by molar-refractivity contribution is 7.92. The lowest BCUT2D eigenvalue weighted by Crippen LogP contribution is -2.35. The van der Waals surface area contributed by atoms with Gasteiger partial charge in [-0.1, -0.05) is 29.5 Å². The Bertz CT molecular complexity index is 2740. The first-order valence-corrected chi connectivity index (χ1v) is 19.8. The molecule has 3 atom stereocenters. The van der Waals surface area contributed by atoms with Crippen molar-refractivity contribution in [2.24, 2.45) is 13.0 Å². The third-order valence-electron chi connectivity index (χ3n) is 9.55. The summed E-state index contributed by atoms with van der Waals surface area (Å²) in [4.78, 5) is 18.7. The van der Waals surface area contributed by atoms with Gasteiger partial charge in [0.1, 0.15) is 40.9 Å². The van der Waals surface area contributed by atoms with E-state index in [4.69, 9.17) is 16.6 Å². The molecule has 0 spiro atoms. The van der Waals surface area contributed by atoms with Gasteiger partial charge in [0.15, 0.2) is 5.82 Å². The van der Waals surface area contributed by atoms with Crippen LogP contribution in [0, 0.1) is 41.2 Å². The van der Waals surface area contributed by atoms with Crippen molar-refractivity contribution in [3.8, 4) is 34.8 Å². The van der Waals surface area contributed by atoms with Gasteiger partial charge in [-0.05, 0) is 62.1 Å². The van der Waals surface area contributed by atoms with Gasteiger partial charge in [-0.25, -0.2) is 31.0 Å². The van der Waals surface area contributed by atoms with E-state index in [2.05, 4.69) is 43.9 Å². The second-order valence-electron chi connectivity index (χ2n) is 14.5. The largest absolute Gasteiger partial charge is 0.378 e. The summed E-state index contributed by atoms with van der Waals surface area (Å²) >= 11 is 6.58. The molecule has 0 bridgehead atoms. The van der Waals surface area contributed by atoms with E-state index < -0.39 is 86.9 Å². The number of carbonyl (C=O) groups excluding carboxylic acids is 1. The molecular weight excluding hydrogens is 812 g/mol. The number of hydrogen-bond acceptors (Lipinski definition) is 7. The molecule has 2 aromatic carbocycles. The van der Waals surface area contributed by atoms with Gasteiger partial charge in [-0.15, -0.1) is 5.92 Å². The number of hydrogen-bond donors (Lipinski definition) is 3. The van der Waals surface area contributed by atoms with Crippen LogP contribution in [0.15, 0.2) is 42.5 Å². The van der Waals surface area contributed by atoms with E-state index in [-0.39, 0.29) is 51.6 Å². The number of amides is 1. The van der Waals surface area contributed by atoms with Crippen molar-refractivity contribution in [3.63, 3.8) is 0 Å². The zero-order valence-electron chi connectivity index (χ0n) is 30.9. The first-order chi connectivity index (χ1) is 27.1. The SMILES string of the molecule is Cn1nc(NS(C)(=O)=O)c2c(Cl)ccc(-c3ccc(C#CC(C)(C)O)nc3[C@H](Cc3cc(F)cc(F)c3)NC(=O)Cn3nc(C(F)F)c4c3C(F)(F)[C@@H]3CC#C[C@H]43)c21. The van der Waals surface area contributed by atoms with E-state index in [0.29, 0.717) is 21.8 Å². The maximum absolute atomic E-state index is 15.8. The maximum atomic E-state index is 15.8. The van der Waals surface area contributed by atoms with E-state index in [9.17, 15) is 35.9 Å². The number of alkyl halides is 4. The average molecular weight is 844 g/mol. The molecule has 3 N–H and O–H groups in total. The van der Waals surface area contributed by atoms with E-state index in [1.54, 1.807) is 12.1 Å². The van der Waals surface area contributed by atoms with E-state index in [1.165, 1.54) is 37.7 Å². The molecule has 19 heteroatoms. The molecule has 0 unspecified atom stereocenters. The van der Waals surface area contributed by atoms with Gasteiger partial charge >= 0.3 is 0 Å². The highest BCUT2D eigenvalue weighted by Crippen LogP contribution is 2.57. The average Bonchev–Trinajstić information content (AvgIpc) is 3.86. The number of rotatable bonds is 10. The maximum Gasteiger partial charge on any atom is 0.294 e. The lowest BCUT2D eigenvalue weighted by Gasteiger charge is -2.23. The number of aryl methyl sites for hydroxylation is 1. The predicted octanol–water partition coefficient (Wildman–Crippen LogP) is 6.51. The molecule has 2 aliphatic carbocycles. The highest BCUT2D eigenvalue weighted by atomic mass is 35.5. The zero-order chi connectivity index (χ0) is 42.1. The standard InChI is InChI=1S/C39H32ClF6N7O4S/c1-38(2,55)13-12-22-8-9-23(24-10-11-27(40)31-34(24)52(3)50-37(31)51-58(4,56)57)32(47-22)28(16-19-14-20(41)17-21(42)15-19)48-29(54)18-53-35-30(33(49-53)36(43)44)25-6-5-7-26(25)39(35,45)46/h8-11,14-15,17,25-26,28,36,55H,7,16,18H2,1-4H3,(H,48,54)(H,50,51)/t25-,26+,28-/m0/s1. The molecule has 5 aromatic rings. The zero-order valence-corrected chi connectivity index (χ0v) is 32.5. The van der Waals surface area contributed by atoms with Crippen LogP contribution < -0.4 is 10.0 Å². The lowest BCUT2D eigenvalue weighted by molar-refractivity contribution is -0.123. The Balaban J connectivity index is 1.39. The Morgan fingerprint density at radius 1 is 1.10 bits per heavy atom. The second kappa shape index (κ2) is 14.7. The number of carbonyl (C=O) groups is 1. The van der Waals surface area contributed by atoms with Gasteiger partial charge in [0.05, 0.1) is 45.8 Å². The minimum absolute atomic E-state index is 0.0112.